The number of hydrogen-bond donors (Lipinski definition) is 2. The predicted octanol–water partition coefficient (Wildman–Crippen LogP) is 0.859. The number of hydrogen-bond acceptors (Lipinski definition) is 5. The lowest BCUT2D eigenvalue weighted by atomic mass is 10.0. The van der Waals surface area contributed by atoms with Gasteiger partial charge in [0.1, 0.15) is 0 Å². The molecule has 2 saturated heterocycles. The number of nitrogens with zero attached hydrogens (tertiary/aromatic N) is 1. The van der Waals surface area contributed by atoms with E-state index in [1.807, 2.05) is 0 Å². The summed E-state index contributed by atoms with van der Waals surface area (Å²) in [5, 5.41) is 3.28. The number of ether oxygens (including phenoxy) is 1. The highest BCUT2D eigenvalue weighted by Crippen LogP contribution is 2.15. The van der Waals surface area contributed by atoms with E-state index in [-0.39, 0.29) is 23.2 Å². The maximum atomic E-state index is 12.4. The number of carbonyl (C=O) groups excluding carboxylic acids is 1. The average Bonchev–Trinajstić information content (AvgIpc) is 2.67. The molecule has 1 aromatic carbocycles. The van der Waals surface area contributed by atoms with Gasteiger partial charge in [0, 0.05) is 25.2 Å². The van der Waals surface area contributed by atoms with Gasteiger partial charge in [0.2, 0.25) is 10.0 Å². The molecule has 0 aliphatic carbocycles. The Labute approximate surface area is 160 Å². The molecule has 2 N–H and O–H groups in total. The van der Waals surface area contributed by atoms with Crippen molar-refractivity contribution in [3.8, 4) is 0 Å². The molecule has 0 aromatic heterocycles. The number of piperidine rings is 1. The summed E-state index contributed by atoms with van der Waals surface area (Å²) >= 11 is 0. The second kappa shape index (κ2) is 9.66. The second-order valence-electron chi connectivity index (χ2n) is 6.49. The molecule has 1 amide bonds. The quantitative estimate of drug-likeness (QED) is 0.761. The van der Waals surface area contributed by atoms with E-state index in [1.165, 1.54) is 12.1 Å². The topological polar surface area (TPSA) is 87.7 Å². The van der Waals surface area contributed by atoms with Crippen LogP contribution >= 0.6 is 12.4 Å². The fraction of sp³-hybridized carbons (Fsp3) is 0.588. The van der Waals surface area contributed by atoms with E-state index in [1.54, 1.807) is 17.0 Å². The van der Waals surface area contributed by atoms with Gasteiger partial charge in [-0.25, -0.2) is 13.1 Å². The van der Waals surface area contributed by atoms with Gasteiger partial charge in [0.05, 0.1) is 18.1 Å². The van der Waals surface area contributed by atoms with Crippen molar-refractivity contribution in [2.45, 2.75) is 17.7 Å². The van der Waals surface area contributed by atoms with Crippen LogP contribution in [0.5, 0.6) is 0 Å². The van der Waals surface area contributed by atoms with E-state index in [9.17, 15) is 13.2 Å². The van der Waals surface area contributed by atoms with Crippen LogP contribution < -0.4 is 10.0 Å². The largest absolute Gasteiger partial charge is 0.378 e. The molecule has 0 saturated carbocycles. The lowest BCUT2D eigenvalue weighted by Gasteiger charge is -2.26. The summed E-state index contributed by atoms with van der Waals surface area (Å²) in [5.41, 5.74) is 0.498. The third-order valence-corrected chi connectivity index (χ3v) is 6.11. The Morgan fingerprint density at radius 1 is 1.23 bits per heavy atom. The number of nitrogens with one attached hydrogen (secondary N) is 2. The van der Waals surface area contributed by atoms with Crippen LogP contribution in [0.2, 0.25) is 0 Å². The van der Waals surface area contributed by atoms with Crippen molar-refractivity contribution in [1.29, 1.82) is 0 Å². The predicted molar refractivity (Wildman–Crippen MR) is 101 cm³/mol. The van der Waals surface area contributed by atoms with Crippen LogP contribution in [0.1, 0.15) is 23.2 Å². The van der Waals surface area contributed by atoms with Crippen molar-refractivity contribution >= 4 is 28.3 Å². The van der Waals surface area contributed by atoms with E-state index >= 15 is 0 Å². The van der Waals surface area contributed by atoms with Crippen molar-refractivity contribution in [1.82, 2.24) is 14.9 Å². The zero-order valence-corrected chi connectivity index (χ0v) is 16.3. The number of rotatable bonds is 5. The standard InChI is InChI=1S/C17H25N3O4S.ClH/c21-17(20-8-10-24-11-9-20)15-3-5-16(6-4-15)25(22,23)19-13-14-2-1-7-18-12-14;/h3-6,14,18-19H,1-2,7-13H2;1H. The molecular formula is C17H26ClN3O4S. The highest BCUT2D eigenvalue weighted by atomic mass is 35.5. The first-order valence-corrected chi connectivity index (χ1v) is 10.2. The van der Waals surface area contributed by atoms with Gasteiger partial charge in [-0.15, -0.1) is 12.4 Å². The highest BCUT2D eigenvalue weighted by molar-refractivity contribution is 7.89. The molecule has 1 atom stereocenters. The Morgan fingerprint density at radius 2 is 1.92 bits per heavy atom. The van der Waals surface area contributed by atoms with E-state index in [0.29, 0.717) is 44.3 Å². The van der Waals surface area contributed by atoms with Crippen molar-refractivity contribution in [2.24, 2.45) is 5.92 Å². The molecular weight excluding hydrogens is 378 g/mol. The maximum Gasteiger partial charge on any atom is 0.254 e. The van der Waals surface area contributed by atoms with Gasteiger partial charge in [-0.1, -0.05) is 0 Å². The fourth-order valence-electron chi connectivity index (χ4n) is 3.13. The van der Waals surface area contributed by atoms with Crippen LogP contribution in [0, 0.1) is 5.92 Å². The lowest BCUT2D eigenvalue weighted by molar-refractivity contribution is 0.0303. The number of amides is 1. The fourth-order valence-corrected chi connectivity index (χ4v) is 4.25. The van der Waals surface area contributed by atoms with Gasteiger partial charge in [-0.2, -0.15) is 0 Å². The van der Waals surface area contributed by atoms with Gasteiger partial charge < -0.3 is 15.0 Å². The third kappa shape index (κ3) is 5.40. The summed E-state index contributed by atoms with van der Waals surface area (Å²) in [7, 11) is -3.55. The van der Waals surface area contributed by atoms with E-state index in [2.05, 4.69) is 10.0 Å². The van der Waals surface area contributed by atoms with Crippen molar-refractivity contribution < 1.29 is 17.9 Å². The van der Waals surface area contributed by atoms with Crippen molar-refractivity contribution in [3.63, 3.8) is 0 Å². The molecule has 0 spiro atoms. The minimum Gasteiger partial charge on any atom is -0.378 e. The third-order valence-electron chi connectivity index (χ3n) is 4.67. The van der Waals surface area contributed by atoms with Crippen LogP contribution in [0.3, 0.4) is 0 Å². The number of sulfonamides is 1. The molecule has 7 nitrogen and oxygen atoms in total. The van der Waals surface area contributed by atoms with Gasteiger partial charge in [0.15, 0.2) is 0 Å². The van der Waals surface area contributed by atoms with Crippen LogP contribution in [-0.4, -0.2) is 65.2 Å². The van der Waals surface area contributed by atoms with Gasteiger partial charge >= 0.3 is 0 Å². The monoisotopic (exact) mass is 403 g/mol. The molecule has 2 aliphatic rings. The lowest BCUT2D eigenvalue weighted by Crippen LogP contribution is -2.40. The first-order valence-electron chi connectivity index (χ1n) is 8.74. The SMILES string of the molecule is Cl.O=C(c1ccc(S(=O)(=O)NCC2CCCNC2)cc1)N1CCOCC1. The Balaban J connectivity index is 0.00000243. The first kappa shape index (κ1) is 21.1. The van der Waals surface area contributed by atoms with E-state index in [0.717, 1.165) is 25.9 Å². The molecule has 0 bridgehead atoms. The molecule has 1 unspecified atom stereocenters. The smallest absolute Gasteiger partial charge is 0.254 e. The molecule has 2 heterocycles. The van der Waals surface area contributed by atoms with Gasteiger partial charge in [0.25, 0.3) is 5.91 Å². The van der Waals surface area contributed by atoms with Crippen LogP contribution in [0.25, 0.3) is 0 Å². The summed E-state index contributed by atoms with van der Waals surface area (Å²) in [6, 6.07) is 6.15. The van der Waals surface area contributed by atoms with E-state index < -0.39 is 10.0 Å². The summed E-state index contributed by atoms with van der Waals surface area (Å²) in [4.78, 5) is 14.3. The van der Waals surface area contributed by atoms with Crippen LogP contribution in [0.15, 0.2) is 29.2 Å². The van der Waals surface area contributed by atoms with Crippen molar-refractivity contribution in [3.05, 3.63) is 29.8 Å². The Kier molecular flexibility index (Phi) is 7.85. The maximum absolute atomic E-state index is 12.4. The van der Waals surface area contributed by atoms with Gasteiger partial charge in [-0.3, -0.25) is 4.79 Å². The minimum absolute atomic E-state index is 0. The molecule has 2 aliphatic heterocycles. The van der Waals surface area contributed by atoms with Crippen molar-refractivity contribution in [2.75, 3.05) is 45.9 Å². The average molecular weight is 404 g/mol. The summed E-state index contributed by atoms with van der Waals surface area (Å²) in [6.45, 7) is 4.49. The second-order valence-corrected chi connectivity index (χ2v) is 8.26. The van der Waals surface area contributed by atoms with Crippen LogP contribution in [0.4, 0.5) is 0 Å². The summed E-state index contributed by atoms with van der Waals surface area (Å²) in [5.74, 6) is 0.235. The molecule has 9 heteroatoms. The number of carbonyl (C=O) groups is 1. The Bertz CT molecular complexity index is 684. The molecule has 3 rings (SSSR count). The van der Waals surface area contributed by atoms with Crippen LogP contribution in [-0.2, 0) is 14.8 Å². The van der Waals surface area contributed by atoms with E-state index in [4.69, 9.17) is 4.74 Å². The zero-order valence-electron chi connectivity index (χ0n) is 14.6. The zero-order chi connectivity index (χ0) is 17.7. The summed E-state index contributed by atoms with van der Waals surface area (Å²) in [6.07, 6.45) is 2.10. The normalized spacial score (nSPS) is 21.1. The summed E-state index contributed by atoms with van der Waals surface area (Å²) < 4.78 is 32.7. The number of halogens is 1. The molecule has 146 valence electrons. The highest BCUT2D eigenvalue weighted by Gasteiger charge is 2.21. The van der Waals surface area contributed by atoms with Gasteiger partial charge in [-0.05, 0) is 56.1 Å². The Morgan fingerprint density at radius 3 is 2.54 bits per heavy atom. The molecule has 2 fully saturated rings. The molecule has 1 aromatic rings. The molecule has 26 heavy (non-hydrogen) atoms. The first-order chi connectivity index (χ1) is 12.1. The Hall–Kier alpha value is -1.19. The number of morpholine rings is 1. The molecule has 0 radical (unpaired) electrons. The minimum atomic E-state index is -3.55. The number of benzene rings is 1.